The summed E-state index contributed by atoms with van der Waals surface area (Å²) >= 11 is 5.91. The fourth-order valence-corrected chi connectivity index (χ4v) is 2.30. The summed E-state index contributed by atoms with van der Waals surface area (Å²) in [6.45, 7) is 0.437. The van der Waals surface area contributed by atoms with Crippen molar-refractivity contribution in [2.75, 3.05) is 26.6 Å². The van der Waals surface area contributed by atoms with Gasteiger partial charge in [-0.2, -0.15) is 0 Å². The van der Waals surface area contributed by atoms with E-state index in [0.29, 0.717) is 28.8 Å². The van der Waals surface area contributed by atoms with E-state index in [1.807, 2.05) is 18.2 Å². The Morgan fingerprint density at radius 1 is 1.13 bits per heavy atom. The second kappa shape index (κ2) is 7.74. The number of nitrogens with one attached hydrogen (secondary N) is 1. The second-order valence-corrected chi connectivity index (χ2v) is 5.42. The maximum atomic E-state index is 12.2. The Kier molecular flexibility index (Phi) is 5.71. The highest BCUT2D eigenvalue weighted by Gasteiger charge is 2.11. The molecule has 0 aliphatic carbocycles. The molecule has 0 bridgehead atoms. The first-order valence-electron chi connectivity index (χ1n) is 7.02. The van der Waals surface area contributed by atoms with Gasteiger partial charge in [0, 0.05) is 24.3 Å². The molecule has 2 aromatic carbocycles. The summed E-state index contributed by atoms with van der Waals surface area (Å²) in [6, 6.07) is 12.4. The number of ether oxygens (including phenoxy) is 2. The molecule has 122 valence electrons. The van der Waals surface area contributed by atoms with Gasteiger partial charge in [0.25, 0.3) is 0 Å². The van der Waals surface area contributed by atoms with Crippen LogP contribution in [0.2, 0.25) is 5.02 Å². The van der Waals surface area contributed by atoms with Crippen LogP contribution in [0.1, 0.15) is 5.56 Å². The van der Waals surface area contributed by atoms with E-state index < -0.39 is 0 Å². The van der Waals surface area contributed by atoms with Crippen molar-refractivity contribution < 1.29 is 14.3 Å². The lowest BCUT2D eigenvalue weighted by molar-refractivity contribution is 0.220. The van der Waals surface area contributed by atoms with E-state index in [2.05, 4.69) is 5.32 Å². The standard InChI is InChI=1S/C17H19ClN2O3/c1-20(17(21)19-14-6-4-5-13(18)10-14)11-12-7-8-15(22-2)16(9-12)23-3/h4-10H,11H2,1-3H3,(H,19,21). The molecule has 0 radical (unpaired) electrons. The van der Waals surface area contributed by atoms with Crippen LogP contribution in [-0.4, -0.2) is 32.2 Å². The molecule has 5 nitrogen and oxygen atoms in total. The predicted octanol–water partition coefficient (Wildman–Crippen LogP) is 4.02. The second-order valence-electron chi connectivity index (χ2n) is 4.99. The number of urea groups is 1. The third kappa shape index (κ3) is 4.53. The number of rotatable bonds is 5. The molecule has 0 spiro atoms. The number of amides is 2. The monoisotopic (exact) mass is 334 g/mol. The zero-order chi connectivity index (χ0) is 16.8. The maximum Gasteiger partial charge on any atom is 0.321 e. The van der Waals surface area contributed by atoms with E-state index in [1.54, 1.807) is 50.4 Å². The fraction of sp³-hybridized carbons (Fsp3) is 0.235. The topological polar surface area (TPSA) is 50.8 Å². The summed E-state index contributed by atoms with van der Waals surface area (Å²) in [6.07, 6.45) is 0. The lowest BCUT2D eigenvalue weighted by Crippen LogP contribution is -2.30. The lowest BCUT2D eigenvalue weighted by Gasteiger charge is -2.19. The smallest absolute Gasteiger partial charge is 0.321 e. The normalized spacial score (nSPS) is 10.1. The summed E-state index contributed by atoms with van der Waals surface area (Å²) in [7, 11) is 4.88. The Morgan fingerprint density at radius 2 is 1.87 bits per heavy atom. The largest absolute Gasteiger partial charge is 0.493 e. The molecular weight excluding hydrogens is 316 g/mol. The van der Waals surface area contributed by atoms with Crippen LogP contribution in [0.25, 0.3) is 0 Å². The van der Waals surface area contributed by atoms with E-state index in [1.165, 1.54) is 0 Å². The number of halogens is 1. The Bertz CT molecular complexity index is 691. The van der Waals surface area contributed by atoms with E-state index in [4.69, 9.17) is 21.1 Å². The van der Waals surface area contributed by atoms with Crippen LogP contribution in [0.15, 0.2) is 42.5 Å². The van der Waals surface area contributed by atoms with Crippen LogP contribution in [0, 0.1) is 0 Å². The number of nitrogens with zero attached hydrogens (tertiary/aromatic N) is 1. The molecule has 0 heterocycles. The van der Waals surface area contributed by atoms with Gasteiger partial charge in [0.15, 0.2) is 11.5 Å². The van der Waals surface area contributed by atoms with Crippen LogP contribution in [0.4, 0.5) is 10.5 Å². The highest BCUT2D eigenvalue weighted by atomic mass is 35.5. The van der Waals surface area contributed by atoms with Crippen LogP contribution in [0.5, 0.6) is 11.5 Å². The Labute approximate surface area is 140 Å². The molecule has 0 fully saturated rings. The van der Waals surface area contributed by atoms with Gasteiger partial charge in [-0.25, -0.2) is 4.79 Å². The molecule has 23 heavy (non-hydrogen) atoms. The maximum absolute atomic E-state index is 12.2. The molecule has 6 heteroatoms. The molecular formula is C17H19ClN2O3. The molecule has 0 aromatic heterocycles. The SMILES string of the molecule is COc1ccc(CN(C)C(=O)Nc2cccc(Cl)c2)cc1OC. The van der Waals surface area contributed by atoms with E-state index in [0.717, 1.165) is 5.56 Å². The third-order valence-corrected chi connectivity index (χ3v) is 3.53. The number of hydrogen-bond donors (Lipinski definition) is 1. The zero-order valence-electron chi connectivity index (χ0n) is 13.3. The summed E-state index contributed by atoms with van der Waals surface area (Å²) < 4.78 is 10.5. The van der Waals surface area contributed by atoms with Crippen molar-refractivity contribution in [3.63, 3.8) is 0 Å². The lowest BCUT2D eigenvalue weighted by atomic mass is 10.2. The molecule has 0 aliphatic heterocycles. The number of hydrogen-bond acceptors (Lipinski definition) is 3. The molecule has 0 aliphatic rings. The van der Waals surface area contributed by atoms with Crippen molar-refractivity contribution in [1.82, 2.24) is 4.90 Å². The molecule has 2 aromatic rings. The molecule has 0 atom stereocenters. The number of benzene rings is 2. The average molecular weight is 335 g/mol. The van der Waals surface area contributed by atoms with Crippen molar-refractivity contribution in [2.45, 2.75) is 6.54 Å². The molecule has 2 amide bonds. The van der Waals surface area contributed by atoms with Gasteiger partial charge in [-0.3, -0.25) is 0 Å². The Balaban J connectivity index is 2.03. The van der Waals surface area contributed by atoms with Gasteiger partial charge in [-0.05, 0) is 35.9 Å². The summed E-state index contributed by atoms with van der Waals surface area (Å²) in [5.41, 5.74) is 1.59. The highest BCUT2D eigenvalue weighted by Crippen LogP contribution is 2.28. The van der Waals surface area contributed by atoms with Crippen LogP contribution < -0.4 is 14.8 Å². The van der Waals surface area contributed by atoms with Gasteiger partial charge < -0.3 is 19.7 Å². The molecule has 0 unspecified atom stereocenters. The quantitative estimate of drug-likeness (QED) is 0.898. The number of anilines is 1. The van der Waals surface area contributed by atoms with Crippen molar-refractivity contribution in [3.05, 3.63) is 53.1 Å². The Morgan fingerprint density at radius 3 is 2.52 bits per heavy atom. The molecule has 0 saturated carbocycles. The number of methoxy groups -OCH3 is 2. The van der Waals surface area contributed by atoms with Gasteiger partial charge >= 0.3 is 6.03 Å². The van der Waals surface area contributed by atoms with Gasteiger partial charge in [0.2, 0.25) is 0 Å². The highest BCUT2D eigenvalue weighted by molar-refractivity contribution is 6.30. The number of carbonyl (C=O) groups is 1. The summed E-state index contributed by atoms with van der Waals surface area (Å²) in [4.78, 5) is 13.8. The Hall–Kier alpha value is -2.40. The van der Waals surface area contributed by atoms with Gasteiger partial charge in [0.1, 0.15) is 0 Å². The third-order valence-electron chi connectivity index (χ3n) is 3.29. The minimum absolute atomic E-state index is 0.220. The van der Waals surface area contributed by atoms with Crippen molar-refractivity contribution in [3.8, 4) is 11.5 Å². The van der Waals surface area contributed by atoms with Gasteiger partial charge in [-0.15, -0.1) is 0 Å². The van der Waals surface area contributed by atoms with Crippen molar-refractivity contribution >= 4 is 23.3 Å². The van der Waals surface area contributed by atoms with Crippen molar-refractivity contribution in [1.29, 1.82) is 0 Å². The predicted molar refractivity (Wildman–Crippen MR) is 91.5 cm³/mol. The fourth-order valence-electron chi connectivity index (χ4n) is 2.11. The van der Waals surface area contributed by atoms with Crippen LogP contribution in [-0.2, 0) is 6.54 Å². The number of carbonyl (C=O) groups excluding carboxylic acids is 1. The van der Waals surface area contributed by atoms with Crippen LogP contribution in [0.3, 0.4) is 0 Å². The van der Waals surface area contributed by atoms with E-state index >= 15 is 0 Å². The van der Waals surface area contributed by atoms with Gasteiger partial charge in [-0.1, -0.05) is 23.7 Å². The van der Waals surface area contributed by atoms with E-state index in [9.17, 15) is 4.79 Å². The van der Waals surface area contributed by atoms with Gasteiger partial charge in [0.05, 0.1) is 14.2 Å². The minimum atomic E-state index is -0.220. The van der Waals surface area contributed by atoms with E-state index in [-0.39, 0.29) is 6.03 Å². The average Bonchev–Trinajstić information content (AvgIpc) is 2.54. The zero-order valence-corrected chi connectivity index (χ0v) is 14.1. The molecule has 2 rings (SSSR count). The first-order valence-corrected chi connectivity index (χ1v) is 7.40. The molecule has 1 N–H and O–H groups in total. The first-order chi connectivity index (χ1) is 11.0. The minimum Gasteiger partial charge on any atom is -0.493 e. The first kappa shape index (κ1) is 17.0. The molecule has 0 saturated heterocycles. The van der Waals surface area contributed by atoms with Crippen molar-refractivity contribution in [2.24, 2.45) is 0 Å². The summed E-state index contributed by atoms with van der Waals surface area (Å²) in [5.74, 6) is 1.29. The van der Waals surface area contributed by atoms with Crippen LogP contribution >= 0.6 is 11.6 Å². The summed E-state index contributed by atoms with van der Waals surface area (Å²) in [5, 5.41) is 3.37.